The van der Waals surface area contributed by atoms with Gasteiger partial charge in [-0.05, 0) is 36.0 Å². The van der Waals surface area contributed by atoms with Gasteiger partial charge in [-0.1, -0.05) is 33.8 Å². The summed E-state index contributed by atoms with van der Waals surface area (Å²) in [6, 6.07) is 0. The topological polar surface area (TPSA) is 0 Å². The molecular weight excluding hydrogens is 144 g/mol. The number of allylic oxidation sites excluding steroid dienone is 1. The van der Waals surface area contributed by atoms with Crippen LogP contribution in [0.4, 0.5) is 0 Å². The van der Waals surface area contributed by atoms with E-state index in [9.17, 15) is 0 Å². The van der Waals surface area contributed by atoms with Crippen LogP contribution in [-0.4, -0.2) is 0 Å². The first-order valence-electron chi connectivity index (χ1n) is 5.20. The lowest BCUT2D eigenvalue weighted by molar-refractivity contribution is 0.342. The molecule has 1 rings (SSSR count). The molecule has 0 N–H and O–H groups in total. The first-order valence-corrected chi connectivity index (χ1v) is 5.20. The Balaban J connectivity index is 2.36. The average molecular weight is 166 g/mol. The van der Waals surface area contributed by atoms with Crippen LogP contribution in [0.25, 0.3) is 0 Å². The Labute approximate surface area is 77.1 Å². The van der Waals surface area contributed by atoms with Crippen molar-refractivity contribution in [1.82, 2.24) is 0 Å². The molecule has 0 amide bonds. The summed E-state index contributed by atoms with van der Waals surface area (Å²) in [7, 11) is 0. The first kappa shape index (κ1) is 9.83. The molecular formula is C12H22. The smallest absolute Gasteiger partial charge is 0.0233 e. The van der Waals surface area contributed by atoms with Crippen LogP contribution in [-0.2, 0) is 0 Å². The van der Waals surface area contributed by atoms with E-state index < -0.39 is 0 Å². The number of hydrogen-bond donors (Lipinski definition) is 0. The predicted molar refractivity (Wildman–Crippen MR) is 55.0 cm³/mol. The summed E-state index contributed by atoms with van der Waals surface area (Å²) in [5.41, 5.74) is 0. The number of hydrogen-bond acceptors (Lipinski definition) is 0. The van der Waals surface area contributed by atoms with Crippen LogP contribution in [0.2, 0.25) is 0 Å². The van der Waals surface area contributed by atoms with Crippen molar-refractivity contribution in [2.24, 2.45) is 29.6 Å². The fraction of sp³-hybridized carbons (Fsp3) is 0.833. The van der Waals surface area contributed by atoms with Crippen LogP contribution in [0.15, 0.2) is 12.7 Å². The fourth-order valence-electron chi connectivity index (χ4n) is 2.11. The van der Waals surface area contributed by atoms with Gasteiger partial charge in [-0.3, -0.25) is 0 Å². The molecule has 0 heterocycles. The van der Waals surface area contributed by atoms with Crippen LogP contribution in [0.1, 0.15) is 34.1 Å². The molecule has 0 heteroatoms. The van der Waals surface area contributed by atoms with Gasteiger partial charge in [0.1, 0.15) is 0 Å². The minimum absolute atomic E-state index is 0.733. The highest BCUT2D eigenvalue weighted by Crippen LogP contribution is 2.51. The SMILES string of the molecule is C=CC(C)C1CC1C(C)C(C)C. The standard InChI is InChI=1S/C12H22/c1-6-9(4)11-7-12(11)10(5)8(2)3/h6,8-12H,1,7H2,2-5H3. The molecule has 0 aromatic rings. The zero-order valence-corrected chi connectivity index (χ0v) is 8.88. The van der Waals surface area contributed by atoms with E-state index in [4.69, 9.17) is 0 Å². The third-order valence-electron chi connectivity index (χ3n) is 3.67. The van der Waals surface area contributed by atoms with Crippen molar-refractivity contribution in [2.45, 2.75) is 34.1 Å². The largest absolute Gasteiger partial charge is 0.103 e. The molecule has 0 nitrogen and oxygen atoms in total. The summed E-state index contributed by atoms with van der Waals surface area (Å²) in [6.45, 7) is 13.2. The lowest BCUT2D eigenvalue weighted by atomic mass is 9.90. The first-order chi connectivity index (χ1) is 5.57. The summed E-state index contributed by atoms with van der Waals surface area (Å²) in [4.78, 5) is 0. The highest BCUT2D eigenvalue weighted by molar-refractivity contribution is 4.98. The van der Waals surface area contributed by atoms with Gasteiger partial charge in [0.15, 0.2) is 0 Å². The van der Waals surface area contributed by atoms with Crippen molar-refractivity contribution in [3.05, 3.63) is 12.7 Å². The molecule has 0 aliphatic heterocycles. The molecule has 1 fully saturated rings. The predicted octanol–water partition coefficient (Wildman–Crippen LogP) is 3.74. The lowest BCUT2D eigenvalue weighted by Gasteiger charge is -2.16. The van der Waals surface area contributed by atoms with Crippen molar-refractivity contribution in [3.63, 3.8) is 0 Å². The Bertz CT molecular complexity index is 157. The molecule has 0 aromatic carbocycles. The second-order valence-electron chi connectivity index (χ2n) is 4.76. The van der Waals surface area contributed by atoms with Crippen molar-refractivity contribution >= 4 is 0 Å². The average Bonchev–Trinajstić information content (AvgIpc) is 2.80. The van der Waals surface area contributed by atoms with E-state index in [0.29, 0.717) is 0 Å². The van der Waals surface area contributed by atoms with E-state index in [1.807, 2.05) is 0 Å². The van der Waals surface area contributed by atoms with E-state index in [1.165, 1.54) is 6.42 Å². The molecule has 1 aliphatic carbocycles. The Morgan fingerprint density at radius 3 is 2.17 bits per heavy atom. The van der Waals surface area contributed by atoms with Crippen molar-refractivity contribution in [3.8, 4) is 0 Å². The fourth-order valence-corrected chi connectivity index (χ4v) is 2.11. The third kappa shape index (κ3) is 1.91. The minimum atomic E-state index is 0.733. The molecule has 0 radical (unpaired) electrons. The van der Waals surface area contributed by atoms with Crippen molar-refractivity contribution < 1.29 is 0 Å². The van der Waals surface area contributed by atoms with Gasteiger partial charge < -0.3 is 0 Å². The minimum Gasteiger partial charge on any atom is -0.103 e. The van der Waals surface area contributed by atoms with E-state index >= 15 is 0 Å². The van der Waals surface area contributed by atoms with Crippen molar-refractivity contribution in [1.29, 1.82) is 0 Å². The van der Waals surface area contributed by atoms with E-state index in [0.717, 1.165) is 29.6 Å². The van der Waals surface area contributed by atoms with Gasteiger partial charge in [0.05, 0.1) is 0 Å². The summed E-state index contributed by atoms with van der Waals surface area (Å²) >= 11 is 0. The lowest BCUT2D eigenvalue weighted by Crippen LogP contribution is -2.09. The van der Waals surface area contributed by atoms with E-state index in [2.05, 4.69) is 40.3 Å². The maximum atomic E-state index is 3.86. The quantitative estimate of drug-likeness (QED) is 0.558. The van der Waals surface area contributed by atoms with Crippen molar-refractivity contribution in [2.75, 3.05) is 0 Å². The van der Waals surface area contributed by atoms with E-state index in [-0.39, 0.29) is 0 Å². The Kier molecular flexibility index (Phi) is 2.98. The summed E-state index contributed by atoms with van der Waals surface area (Å²) in [6.07, 6.45) is 3.55. The Hall–Kier alpha value is -0.260. The second-order valence-corrected chi connectivity index (χ2v) is 4.76. The van der Waals surface area contributed by atoms with E-state index in [1.54, 1.807) is 0 Å². The molecule has 12 heavy (non-hydrogen) atoms. The Morgan fingerprint density at radius 2 is 1.75 bits per heavy atom. The highest BCUT2D eigenvalue weighted by atomic mass is 14.5. The zero-order valence-electron chi connectivity index (χ0n) is 8.88. The molecule has 1 aliphatic rings. The zero-order chi connectivity index (χ0) is 9.30. The summed E-state index contributed by atoms with van der Waals surface area (Å²) in [5.74, 6) is 4.41. The molecule has 0 spiro atoms. The molecule has 70 valence electrons. The highest BCUT2D eigenvalue weighted by Gasteiger charge is 2.43. The number of rotatable bonds is 4. The monoisotopic (exact) mass is 166 g/mol. The van der Waals surface area contributed by atoms with Crippen LogP contribution in [0.3, 0.4) is 0 Å². The third-order valence-corrected chi connectivity index (χ3v) is 3.67. The molecule has 0 aromatic heterocycles. The van der Waals surface area contributed by atoms with Gasteiger partial charge in [-0.15, -0.1) is 6.58 Å². The summed E-state index contributed by atoms with van der Waals surface area (Å²) in [5, 5.41) is 0. The van der Waals surface area contributed by atoms with Crippen LogP contribution >= 0.6 is 0 Å². The normalized spacial score (nSPS) is 33.1. The maximum Gasteiger partial charge on any atom is -0.0233 e. The van der Waals surface area contributed by atoms with Gasteiger partial charge in [-0.2, -0.15) is 0 Å². The maximum absolute atomic E-state index is 3.86. The summed E-state index contributed by atoms with van der Waals surface area (Å²) < 4.78 is 0. The molecule has 0 saturated heterocycles. The van der Waals surface area contributed by atoms with Crippen LogP contribution < -0.4 is 0 Å². The molecule has 4 unspecified atom stereocenters. The van der Waals surface area contributed by atoms with Crippen LogP contribution in [0, 0.1) is 29.6 Å². The van der Waals surface area contributed by atoms with Crippen LogP contribution in [0.5, 0.6) is 0 Å². The second kappa shape index (κ2) is 3.64. The van der Waals surface area contributed by atoms with Gasteiger partial charge in [0.2, 0.25) is 0 Å². The molecule has 1 saturated carbocycles. The van der Waals surface area contributed by atoms with Gasteiger partial charge in [0.25, 0.3) is 0 Å². The van der Waals surface area contributed by atoms with Gasteiger partial charge in [-0.25, -0.2) is 0 Å². The molecule has 4 atom stereocenters. The molecule has 0 bridgehead atoms. The van der Waals surface area contributed by atoms with Gasteiger partial charge in [0, 0.05) is 0 Å². The van der Waals surface area contributed by atoms with Gasteiger partial charge >= 0.3 is 0 Å². The Morgan fingerprint density at radius 1 is 1.17 bits per heavy atom.